The number of hydrogen-bond donors (Lipinski definition) is 3. The smallest absolute Gasteiger partial charge is 0.273 e. The minimum absolute atomic E-state index is 0.330. The molecule has 0 saturated carbocycles. The standard InChI is InChI=1S/C24H16BrN7O2/c25-20-16-7-4-8-19(34-13-14-5-2-1-3-6-14)21(16)28-22(20)24(33)27-18-10-9-15(12-26)11-17(18)23-29-31-32-30-23/h1-11,28H,13H2,(H,27,33)(H,29,30,31,32). The fourth-order valence-electron chi connectivity index (χ4n) is 3.55. The van der Waals surface area contributed by atoms with E-state index in [1.54, 1.807) is 18.2 Å². The van der Waals surface area contributed by atoms with E-state index in [9.17, 15) is 10.1 Å². The molecule has 3 aromatic carbocycles. The van der Waals surface area contributed by atoms with Crippen molar-refractivity contribution < 1.29 is 9.53 Å². The first-order valence-corrected chi connectivity index (χ1v) is 11.0. The molecular weight excluding hydrogens is 498 g/mol. The van der Waals surface area contributed by atoms with Crippen LogP contribution in [0.3, 0.4) is 0 Å². The lowest BCUT2D eigenvalue weighted by atomic mass is 10.1. The van der Waals surface area contributed by atoms with Gasteiger partial charge in [-0.25, -0.2) is 5.10 Å². The molecule has 5 rings (SSSR count). The Morgan fingerprint density at radius 1 is 1.12 bits per heavy atom. The zero-order valence-electron chi connectivity index (χ0n) is 17.5. The highest BCUT2D eigenvalue weighted by Gasteiger charge is 2.20. The van der Waals surface area contributed by atoms with Gasteiger partial charge in [0.1, 0.15) is 18.1 Å². The highest BCUT2D eigenvalue weighted by atomic mass is 79.9. The molecule has 0 saturated heterocycles. The summed E-state index contributed by atoms with van der Waals surface area (Å²) in [4.78, 5) is 16.4. The second kappa shape index (κ2) is 9.17. The van der Waals surface area contributed by atoms with E-state index in [-0.39, 0.29) is 5.91 Å². The third kappa shape index (κ3) is 4.12. The molecule has 9 nitrogen and oxygen atoms in total. The molecule has 1 amide bonds. The van der Waals surface area contributed by atoms with Crippen LogP contribution in [-0.4, -0.2) is 31.5 Å². The monoisotopic (exact) mass is 513 g/mol. The second-order valence-electron chi connectivity index (χ2n) is 7.34. The average molecular weight is 514 g/mol. The minimum atomic E-state index is -0.379. The van der Waals surface area contributed by atoms with Gasteiger partial charge in [-0.3, -0.25) is 4.79 Å². The quantitative estimate of drug-likeness (QED) is 0.298. The van der Waals surface area contributed by atoms with Gasteiger partial charge in [0.05, 0.1) is 27.3 Å². The summed E-state index contributed by atoms with van der Waals surface area (Å²) in [6.07, 6.45) is 0. The highest BCUT2D eigenvalue weighted by Crippen LogP contribution is 2.35. The molecule has 2 aromatic heterocycles. The van der Waals surface area contributed by atoms with Gasteiger partial charge in [-0.05, 0) is 56.2 Å². The van der Waals surface area contributed by atoms with E-state index in [0.717, 1.165) is 10.9 Å². The number of aromatic nitrogens is 5. The molecular formula is C24H16BrN7O2. The number of aromatic amines is 2. The highest BCUT2D eigenvalue weighted by molar-refractivity contribution is 9.10. The Morgan fingerprint density at radius 2 is 1.97 bits per heavy atom. The van der Waals surface area contributed by atoms with E-state index in [1.165, 1.54) is 0 Å². The summed E-state index contributed by atoms with van der Waals surface area (Å²) in [6.45, 7) is 0.401. The van der Waals surface area contributed by atoms with Crippen LogP contribution in [0.15, 0.2) is 71.2 Å². The maximum absolute atomic E-state index is 13.2. The van der Waals surface area contributed by atoms with Crippen molar-refractivity contribution >= 4 is 38.4 Å². The summed E-state index contributed by atoms with van der Waals surface area (Å²) >= 11 is 3.55. The van der Waals surface area contributed by atoms with Crippen LogP contribution in [0.1, 0.15) is 21.6 Å². The molecule has 0 fully saturated rings. The molecule has 10 heteroatoms. The predicted molar refractivity (Wildman–Crippen MR) is 129 cm³/mol. The number of nitrogens with one attached hydrogen (secondary N) is 3. The van der Waals surface area contributed by atoms with Gasteiger partial charge in [-0.2, -0.15) is 5.26 Å². The molecule has 2 heterocycles. The number of nitrogens with zero attached hydrogens (tertiary/aromatic N) is 4. The zero-order chi connectivity index (χ0) is 23.5. The molecule has 166 valence electrons. The summed E-state index contributed by atoms with van der Waals surface area (Å²) < 4.78 is 6.64. The van der Waals surface area contributed by atoms with E-state index in [4.69, 9.17) is 4.74 Å². The SMILES string of the molecule is N#Cc1ccc(NC(=O)c2[nH]c3c(OCc4ccccc4)cccc3c2Br)c(-c2nnn[nH]2)c1. The van der Waals surface area contributed by atoms with Crippen molar-refractivity contribution in [2.45, 2.75) is 6.61 Å². The van der Waals surface area contributed by atoms with Gasteiger partial charge < -0.3 is 15.0 Å². The molecule has 0 aliphatic rings. The third-order valence-electron chi connectivity index (χ3n) is 5.19. The number of nitriles is 1. The number of tetrazole rings is 1. The van der Waals surface area contributed by atoms with Crippen LogP contribution in [-0.2, 0) is 6.61 Å². The van der Waals surface area contributed by atoms with Crippen molar-refractivity contribution in [2.75, 3.05) is 5.32 Å². The lowest BCUT2D eigenvalue weighted by Crippen LogP contribution is -2.14. The van der Waals surface area contributed by atoms with Gasteiger partial charge in [-0.15, -0.1) is 5.10 Å². The molecule has 0 unspecified atom stereocenters. The van der Waals surface area contributed by atoms with Crippen LogP contribution in [0, 0.1) is 11.3 Å². The molecule has 0 bridgehead atoms. The Morgan fingerprint density at radius 3 is 2.74 bits per heavy atom. The molecule has 0 spiro atoms. The van der Waals surface area contributed by atoms with Crippen LogP contribution >= 0.6 is 15.9 Å². The van der Waals surface area contributed by atoms with Crippen molar-refractivity contribution in [3.8, 4) is 23.2 Å². The van der Waals surface area contributed by atoms with Gasteiger partial charge in [0, 0.05) is 10.9 Å². The van der Waals surface area contributed by atoms with E-state index in [2.05, 4.69) is 52.9 Å². The summed E-state index contributed by atoms with van der Waals surface area (Å²) in [5, 5.41) is 26.7. The van der Waals surface area contributed by atoms with Crippen molar-refractivity contribution in [1.82, 2.24) is 25.6 Å². The van der Waals surface area contributed by atoms with Crippen molar-refractivity contribution in [3.05, 3.63) is 88.0 Å². The Balaban J connectivity index is 1.46. The summed E-state index contributed by atoms with van der Waals surface area (Å²) in [5.74, 6) is 0.586. The zero-order valence-corrected chi connectivity index (χ0v) is 19.1. The minimum Gasteiger partial charge on any atom is -0.487 e. The molecule has 3 N–H and O–H groups in total. The first kappa shape index (κ1) is 21.4. The maximum Gasteiger partial charge on any atom is 0.273 e. The number of rotatable bonds is 6. The third-order valence-corrected chi connectivity index (χ3v) is 6.02. The van der Waals surface area contributed by atoms with E-state index in [1.807, 2.05) is 48.5 Å². The van der Waals surface area contributed by atoms with Crippen LogP contribution in [0.2, 0.25) is 0 Å². The van der Waals surface area contributed by atoms with E-state index < -0.39 is 0 Å². The molecule has 0 aliphatic heterocycles. The molecule has 34 heavy (non-hydrogen) atoms. The van der Waals surface area contributed by atoms with Crippen LogP contribution in [0.4, 0.5) is 5.69 Å². The normalized spacial score (nSPS) is 10.7. The summed E-state index contributed by atoms with van der Waals surface area (Å²) in [6, 6.07) is 22.4. The molecule has 5 aromatic rings. The Hall–Kier alpha value is -4.49. The number of hydrogen-bond acceptors (Lipinski definition) is 6. The van der Waals surface area contributed by atoms with Crippen LogP contribution in [0.5, 0.6) is 5.75 Å². The summed E-state index contributed by atoms with van der Waals surface area (Å²) in [7, 11) is 0. The summed E-state index contributed by atoms with van der Waals surface area (Å²) in [5.41, 5.74) is 3.44. The lowest BCUT2D eigenvalue weighted by Gasteiger charge is -2.09. The van der Waals surface area contributed by atoms with Gasteiger partial charge >= 0.3 is 0 Å². The number of carbonyl (C=O) groups is 1. The number of halogens is 1. The number of para-hydroxylation sites is 1. The largest absolute Gasteiger partial charge is 0.487 e. The van der Waals surface area contributed by atoms with Gasteiger partial charge in [-0.1, -0.05) is 42.5 Å². The van der Waals surface area contributed by atoms with Crippen molar-refractivity contribution in [3.63, 3.8) is 0 Å². The Labute approximate surface area is 201 Å². The lowest BCUT2D eigenvalue weighted by molar-refractivity contribution is 0.102. The van der Waals surface area contributed by atoms with E-state index in [0.29, 0.717) is 50.7 Å². The van der Waals surface area contributed by atoms with Crippen LogP contribution < -0.4 is 10.1 Å². The predicted octanol–water partition coefficient (Wildman–Crippen LogP) is 4.81. The number of amides is 1. The number of ether oxygens (including phenoxy) is 1. The first-order chi connectivity index (χ1) is 16.6. The number of fused-ring (bicyclic) bond motifs is 1. The Kier molecular flexibility index (Phi) is 5.76. The van der Waals surface area contributed by atoms with E-state index >= 15 is 0 Å². The Bertz CT molecular complexity index is 1520. The molecule has 0 aliphatic carbocycles. The van der Waals surface area contributed by atoms with Gasteiger partial charge in [0.25, 0.3) is 5.91 Å². The average Bonchev–Trinajstić information content (AvgIpc) is 3.52. The van der Waals surface area contributed by atoms with Crippen LogP contribution in [0.25, 0.3) is 22.3 Å². The molecule has 0 atom stereocenters. The second-order valence-corrected chi connectivity index (χ2v) is 8.14. The van der Waals surface area contributed by atoms with Crippen molar-refractivity contribution in [2.24, 2.45) is 0 Å². The maximum atomic E-state index is 13.2. The number of benzene rings is 3. The first-order valence-electron chi connectivity index (χ1n) is 10.2. The van der Waals surface area contributed by atoms with Crippen molar-refractivity contribution in [1.29, 1.82) is 5.26 Å². The fourth-order valence-corrected chi connectivity index (χ4v) is 4.16. The number of carbonyl (C=O) groups excluding carboxylic acids is 1. The number of H-pyrrole nitrogens is 2. The molecule has 0 radical (unpaired) electrons. The van der Waals surface area contributed by atoms with Gasteiger partial charge in [0.15, 0.2) is 5.82 Å². The number of anilines is 1. The van der Waals surface area contributed by atoms with Gasteiger partial charge in [0.2, 0.25) is 0 Å². The fraction of sp³-hybridized carbons (Fsp3) is 0.0417. The topological polar surface area (TPSA) is 132 Å².